The molecule has 1 atom stereocenters. The average molecular weight is 271 g/mol. The Morgan fingerprint density at radius 1 is 1.25 bits per heavy atom. The van der Waals surface area contributed by atoms with Gasteiger partial charge in [0.2, 0.25) is 0 Å². The average Bonchev–Trinajstić information content (AvgIpc) is 2.91. The summed E-state index contributed by atoms with van der Waals surface area (Å²) in [4.78, 5) is 13.0. The second kappa shape index (κ2) is 5.51. The van der Waals surface area contributed by atoms with E-state index in [1.165, 1.54) is 5.56 Å². The molecule has 0 amide bonds. The van der Waals surface area contributed by atoms with E-state index in [2.05, 4.69) is 17.0 Å². The lowest BCUT2D eigenvalue weighted by atomic mass is 9.91. The molecule has 2 aromatic rings. The van der Waals surface area contributed by atoms with Crippen LogP contribution in [0.5, 0.6) is 0 Å². The molecule has 1 aliphatic rings. The van der Waals surface area contributed by atoms with Crippen LogP contribution >= 0.6 is 0 Å². The van der Waals surface area contributed by atoms with Crippen LogP contribution in [0.3, 0.4) is 0 Å². The maximum Gasteiger partial charge on any atom is 0.303 e. The Bertz CT molecular complexity index is 559. The largest absolute Gasteiger partial charge is 0.481 e. The van der Waals surface area contributed by atoms with Crippen LogP contribution in [-0.4, -0.2) is 29.1 Å². The van der Waals surface area contributed by atoms with E-state index < -0.39 is 5.97 Å². The Morgan fingerprint density at radius 2 is 2.00 bits per heavy atom. The van der Waals surface area contributed by atoms with Crippen LogP contribution in [-0.2, 0) is 4.79 Å². The number of hydrogen-bond donors (Lipinski definition) is 1. The van der Waals surface area contributed by atoms with Gasteiger partial charge in [-0.3, -0.25) is 9.69 Å². The van der Waals surface area contributed by atoms with Crippen LogP contribution in [0.1, 0.15) is 23.8 Å². The summed E-state index contributed by atoms with van der Waals surface area (Å²) in [6.07, 6.45) is 1.93. The van der Waals surface area contributed by atoms with Crippen molar-refractivity contribution in [1.82, 2.24) is 4.90 Å². The summed E-state index contributed by atoms with van der Waals surface area (Å²) in [5, 5.41) is 8.84. The Kier molecular flexibility index (Phi) is 3.56. The van der Waals surface area contributed by atoms with Gasteiger partial charge in [-0.1, -0.05) is 30.3 Å². The maximum atomic E-state index is 10.7. The van der Waals surface area contributed by atoms with E-state index in [-0.39, 0.29) is 18.4 Å². The fraction of sp³-hybridized carbons (Fsp3) is 0.312. The molecule has 2 heterocycles. The molecule has 4 heteroatoms. The summed E-state index contributed by atoms with van der Waals surface area (Å²) in [6, 6.07) is 14.1. The molecule has 1 fully saturated rings. The molecule has 0 spiro atoms. The van der Waals surface area contributed by atoms with Crippen molar-refractivity contribution in [3.05, 3.63) is 60.1 Å². The van der Waals surface area contributed by atoms with Gasteiger partial charge in [-0.2, -0.15) is 0 Å². The summed E-state index contributed by atoms with van der Waals surface area (Å²) >= 11 is 0. The number of nitrogens with zero attached hydrogens (tertiary/aromatic N) is 1. The number of likely N-dealkylation sites (tertiary alicyclic amines) is 1. The molecule has 1 N–H and O–H groups in total. The van der Waals surface area contributed by atoms with E-state index in [1.807, 2.05) is 30.3 Å². The zero-order valence-corrected chi connectivity index (χ0v) is 11.1. The van der Waals surface area contributed by atoms with Crippen LogP contribution in [0.2, 0.25) is 0 Å². The van der Waals surface area contributed by atoms with Crippen molar-refractivity contribution in [2.75, 3.05) is 13.1 Å². The number of carbonyl (C=O) groups is 1. The van der Waals surface area contributed by atoms with E-state index in [0.29, 0.717) is 0 Å². The summed E-state index contributed by atoms with van der Waals surface area (Å²) in [5.41, 5.74) is 1.18. The third kappa shape index (κ3) is 2.60. The topological polar surface area (TPSA) is 53.7 Å². The molecule has 1 aromatic heterocycles. The molecule has 0 radical (unpaired) electrons. The number of carboxylic acids is 1. The second-order valence-electron chi connectivity index (χ2n) is 5.25. The number of rotatable bonds is 5. The monoisotopic (exact) mass is 271 g/mol. The standard InChI is InChI=1S/C16H17NO3/c18-15(19)9-12-10-17(11-12)16(14-7-4-8-20-14)13-5-2-1-3-6-13/h1-8,12,16H,9-11H2,(H,18,19). The first-order valence-corrected chi connectivity index (χ1v) is 6.78. The number of furan rings is 1. The highest BCUT2D eigenvalue weighted by molar-refractivity contribution is 5.67. The summed E-state index contributed by atoms with van der Waals surface area (Å²) < 4.78 is 5.57. The first-order chi connectivity index (χ1) is 9.74. The van der Waals surface area contributed by atoms with Crippen LogP contribution in [0.4, 0.5) is 0 Å². The molecule has 0 aliphatic carbocycles. The minimum Gasteiger partial charge on any atom is -0.481 e. The molecule has 1 aromatic carbocycles. The van der Waals surface area contributed by atoms with Gasteiger partial charge in [-0.05, 0) is 23.6 Å². The van der Waals surface area contributed by atoms with Gasteiger partial charge in [0, 0.05) is 13.1 Å². The van der Waals surface area contributed by atoms with Gasteiger partial charge in [-0.25, -0.2) is 0 Å². The smallest absolute Gasteiger partial charge is 0.303 e. The van der Waals surface area contributed by atoms with Gasteiger partial charge in [0.1, 0.15) is 5.76 Å². The zero-order chi connectivity index (χ0) is 13.9. The normalized spacial score (nSPS) is 17.6. The van der Waals surface area contributed by atoms with Crippen LogP contribution in [0.25, 0.3) is 0 Å². The van der Waals surface area contributed by atoms with E-state index >= 15 is 0 Å². The lowest BCUT2D eigenvalue weighted by molar-refractivity contribution is -0.139. The third-order valence-electron chi connectivity index (χ3n) is 3.74. The number of aliphatic carboxylic acids is 1. The summed E-state index contributed by atoms with van der Waals surface area (Å²) in [7, 11) is 0. The number of carboxylic acid groups (broad SMARTS) is 1. The van der Waals surface area contributed by atoms with Crippen molar-refractivity contribution in [3.63, 3.8) is 0 Å². The van der Waals surface area contributed by atoms with E-state index in [0.717, 1.165) is 18.8 Å². The van der Waals surface area contributed by atoms with Gasteiger partial charge in [0.05, 0.1) is 18.7 Å². The van der Waals surface area contributed by atoms with Crippen molar-refractivity contribution < 1.29 is 14.3 Å². The van der Waals surface area contributed by atoms with Crippen molar-refractivity contribution in [1.29, 1.82) is 0 Å². The predicted octanol–water partition coefficient (Wildman–Crippen LogP) is 2.78. The van der Waals surface area contributed by atoms with Crippen molar-refractivity contribution in [2.45, 2.75) is 12.5 Å². The molecule has 1 unspecified atom stereocenters. The van der Waals surface area contributed by atoms with E-state index in [4.69, 9.17) is 9.52 Å². The maximum absolute atomic E-state index is 10.7. The summed E-state index contributed by atoms with van der Waals surface area (Å²) in [6.45, 7) is 1.60. The molecule has 1 aliphatic heterocycles. The van der Waals surface area contributed by atoms with Gasteiger partial charge in [0.15, 0.2) is 0 Å². The highest BCUT2D eigenvalue weighted by Crippen LogP contribution is 2.35. The molecule has 0 saturated carbocycles. The quantitative estimate of drug-likeness (QED) is 0.908. The zero-order valence-electron chi connectivity index (χ0n) is 11.1. The number of benzene rings is 1. The first-order valence-electron chi connectivity index (χ1n) is 6.78. The van der Waals surface area contributed by atoms with Crippen molar-refractivity contribution in [2.24, 2.45) is 5.92 Å². The lowest BCUT2D eigenvalue weighted by Crippen LogP contribution is -2.49. The molecule has 3 rings (SSSR count). The molecule has 0 bridgehead atoms. The van der Waals surface area contributed by atoms with Gasteiger partial charge in [-0.15, -0.1) is 0 Å². The fourth-order valence-corrected chi connectivity index (χ4v) is 2.83. The predicted molar refractivity (Wildman–Crippen MR) is 74.3 cm³/mol. The Balaban J connectivity index is 1.77. The minimum absolute atomic E-state index is 0.0799. The molecule has 104 valence electrons. The highest BCUT2D eigenvalue weighted by Gasteiger charge is 2.36. The van der Waals surface area contributed by atoms with E-state index in [9.17, 15) is 4.79 Å². The van der Waals surface area contributed by atoms with Crippen LogP contribution in [0.15, 0.2) is 53.1 Å². The van der Waals surface area contributed by atoms with E-state index in [1.54, 1.807) is 6.26 Å². The molecule has 4 nitrogen and oxygen atoms in total. The van der Waals surface area contributed by atoms with Crippen LogP contribution < -0.4 is 0 Å². The van der Waals surface area contributed by atoms with Gasteiger partial charge < -0.3 is 9.52 Å². The van der Waals surface area contributed by atoms with Gasteiger partial charge in [0.25, 0.3) is 0 Å². The Labute approximate surface area is 117 Å². The second-order valence-corrected chi connectivity index (χ2v) is 5.25. The van der Waals surface area contributed by atoms with Crippen molar-refractivity contribution in [3.8, 4) is 0 Å². The molecule has 20 heavy (non-hydrogen) atoms. The van der Waals surface area contributed by atoms with Crippen LogP contribution in [0, 0.1) is 5.92 Å². The molecular formula is C16H17NO3. The molecule has 1 saturated heterocycles. The highest BCUT2D eigenvalue weighted by atomic mass is 16.4. The van der Waals surface area contributed by atoms with Crippen molar-refractivity contribution >= 4 is 5.97 Å². The minimum atomic E-state index is -0.719. The summed E-state index contributed by atoms with van der Waals surface area (Å²) in [5.74, 6) is 0.433. The SMILES string of the molecule is O=C(O)CC1CN(C(c2ccccc2)c2ccco2)C1. The Morgan fingerprint density at radius 3 is 2.60 bits per heavy atom. The fourth-order valence-electron chi connectivity index (χ4n) is 2.83. The number of hydrogen-bond acceptors (Lipinski definition) is 3. The van der Waals surface area contributed by atoms with Gasteiger partial charge >= 0.3 is 5.97 Å². The first kappa shape index (κ1) is 12.9. The molecular weight excluding hydrogens is 254 g/mol. The third-order valence-corrected chi connectivity index (χ3v) is 3.74. The Hall–Kier alpha value is -2.07. The lowest BCUT2D eigenvalue weighted by Gasteiger charge is -2.43.